The van der Waals surface area contributed by atoms with Crippen molar-refractivity contribution in [1.82, 2.24) is 4.98 Å². The van der Waals surface area contributed by atoms with Crippen LogP contribution >= 0.6 is 11.6 Å². The molecule has 0 bridgehead atoms. The van der Waals surface area contributed by atoms with E-state index in [9.17, 15) is 0 Å². The number of halogens is 1. The minimum Gasteiger partial charge on any atom is -0.399 e. The van der Waals surface area contributed by atoms with Crippen LogP contribution < -0.4 is 11.1 Å². The predicted octanol–water partition coefficient (Wildman–Crippen LogP) is 2.14. The highest BCUT2D eigenvalue weighted by atomic mass is 35.5. The molecule has 0 amide bonds. The molecule has 1 aromatic rings. The van der Waals surface area contributed by atoms with Gasteiger partial charge in [-0.15, -0.1) is 0 Å². The standard InChI is InChI=1S/C8H12ClN3/c1-2-3-11-8-5-6(10)4-7(9)12-8/h4-5H,2-3H2,1H3,(H3,10,11,12). The van der Waals surface area contributed by atoms with Crippen LogP contribution in [0.4, 0.5) is 11.5 Å². The molecule has 0 aliphatic carbocycles. The summed E-state index contributed by atoms with van der Waals surface area (Å²) in [5.74, 6) is 0.738. The van der Waals surface area contributed by atoms with Gasteiger partial charge in [-0.2, -0.15) is 0 Å². The molecule has 66 valence electrons. The van der Waals surface area contributed by atoms with Gasteiger partial charge in [0.15, 0.2) is 0 Å². The molecule has 1 rings (SSSR count). The zero-order valence-corrected chi connectivity index (χ0v) is 7.73. The molecule has 0 saturated heterocycles. The molecule has 0 atom stereocenters. The van der Waals surface area contributed by atoms with E-state index in [4.69, 9.17) is 17.3 Å². The van der Waals surface area contributed by atoms with E-state index in [0.717, 1.165) is 18.8 Å². The van der Waals surface area contributed by atoms with Crippen molar-refractivity contribution in [2.75, 3.05) is 17.6 Å². The first-order valence-corrected chi connectivity index (χ1v) is 4.27. The highest BCUT2D eigenvalue weighted by Crippen LogP contribution is 2.15. The van der Waals surface area contributed by atoms with Gasteiger partial charge in [-0.1, -0.05) is 18.5 Å². The van der Waals surface area contributed by atoms with E-state index in [1.165, 1.54) is 0 Å². The maximum atomic E-state index is 5.70. The summed E-state index contributed by atoms with van der Waals surface area (Å²) in [6.07, 6.45) is 1.05. The Hall–Kier alpha value is -0.960. The fourth-order valence-corrected chi connectivity index (χ4v) is 1.08. The van der Waals surface area contributed by atoms with E-state index in [-0.39, 0.29) is 0 Å². The van der Waals surface area contributed by atoms with Gasteiger partial charge in [-0.05, 0) is 12.5 Å². The van der Waals surface area contributed by atoms with Gasteiger partial charge in [0.2, 0.25) is 0 Å². The van der Waals surface area contributed by atoms with Gasteiger partial charge < -0.3 is 11.1 Å². The lowest BCUT2D eigenvalue weighted by Gasteiger charge is -2.04. The molecule has 12 heavy (non-hydrogen) atoms. The van der Waals surface area contributed by atoms with Crippen LogP contribution in [0.5, 0.6) is 0 Å². The second kappa shape index (κ2) is 4.16. The number of hydrogen-bond acceptors (Lipinski definition) is 3. The number of anilines is 2. The maximum Gasteiger partial charge on any atom is 0.133 e. The fraction of sp³-hybridized carbons (Fsp3) is 0.375. The van der Waals surface area contributed by atoms with Crippen molar-refractivity contribution in [3.05, 3.63) is 17.3 Å². The van der Waals surface area contributed by atoms with Crippen LogP contribution in [0.3, 0.4) is 0 Å². The highest BCUT2D eigenvalue weighted by molar-refractivity contribution is 6.29. The Labute approximate surface area is 76.9 Å². The van der Waals surface area contributed by atoms with E-state index < -0.39 is 0 Å². The van der Waals surface area contributed by atoms with Crippen LogP contribution in [0.1, 0.15) is 13.3 Å². The fourth-order valence-electron chi connectivity index (χ4n) is 0.860. The van der Waals surface area contributed by atoms with Crippen molar-refractivity contribution < 1.29 is 0 Å². The van der Waals surface area contributed by atoms with Gasteiger partial charge in [-0.25, -0.2) is 4.98 Å². The lowest BCUT2D eigenvalue weighted by Crippen LogP contribution is -2.02. The quantitative estimate of drug-likeness (QED) is 0.710. The maximum absolute atomic E-state index is 5.70. The average molecular weight is 186 g/mol. The Bertz CT molecular complexity index is 242. The van der Waals surface area contributed by atoms with Gasteiger partial charge in [-0.3, -0.25) is 0 Å². The van der Waals surface area contributed by atoms with Gasteiger partial charge in [0.05, 0.1) is 0 Å². The first-order chi connectivity index (χ1) is 5.72. The summed E-state index contributed by atoms with van der Waals surface area (Å²) in [7, 11) is 0. The molecular weight excluding hydrogens is 174 g/mol. The van der Waals surface area contributed by atoms with Gasteiger partial charge in [0.1, 0.15) is 11.0 Å². The molecule has 0 aromatic carbocycles. The number of rotatable bonds is 3. The van der Waals surface area contributed by atoms with Crippen molar-refractivity contribution in [3.8, 4) is 0 Å². The summed E-state index contributed by atoms with van der Waals surface area (Å²) < 4.78 is 0. The first kappa shape index (κ1) is 9.13. The molecule has 4 heteroatoms. The van der Waals surface area contributed by atoms with Crippen molar-refractivity contribution in [2.24, 2.45) is 0 Å². The number of aromatic nitrogens is 1. The van der Waals surface area contributed by atoms with E-state index in [1.807, 2.05) is 0 Å². The van der Waals surface area contributed by atoms with E-state index in [2.05, 4.69) is 17.2 Å². The van der Waals surface area contributed by atoms with Gasteiger partial charge in [0.25, 0.3) is 0 Å². The monoisotopic (exact) mass is 185 g/mol. The van der Waals surface area contributed by atoms with E-state index >= 15 is 0 Å². The zero-order chi connectivity index (χ0) is 8.97. The molecule has 0 aliphatic heterocycles. The molecule has 0 saturated carbocycles. The normalized spacial score (nSPS) is 9.83. The van der Waals surface area contributed by atoms with Crippen LogP contribution in [0.2, 0.25) is 5.15 Å². The number of nitrogens with zero attached hydrogens (tertiary/aromatic N) is 1. The zero-order valence-electron chi connectivity index (χ0n) is 6.97. The molecule has 0 unspecified atom stereocenters. The summed E-state index contributed by atoms with van der Waals surface area (Å²) in [6.45, 7) is 2.97. The minimum atomic E-state index is 0.425. The van der Waals surface area contributed by atoms with Crippen LogP contribution in [-0.2, 0) is 0 Å². The average Bonchev–Trinajstić information content (AvgIpc) is 1.99. The number of nitrogens with one attached hydrogen (secondary N) is 1. The van der Waals surface area contributed by atoms with Crippen LogP contribution in [0.15, 0.2) is 12.1 Å². The first-order valence-electron chi connectivity index (χ1n) is 3.89. The SMILES string of the molecule is CCCNc1cc(N)cc(Cl)n1. The summed E-state index contributed by atoms with van der Waals surface area (Å²) in [6, 6.07) is 3.39. The molecule has 3 nitrogen and oxygen atoms in total. The Kier molecular flexibility index (Phi) is 3.17. The van der Waals surface area contributed by atoms with Gasteiger partial charge >= 0.3 is 0 Å². The largest absolute Gasteiger partial charge is 0.399 e. The van der Waals surface area contributed by atoms with Crippen molar-refractivity contribution in [3.63, 3.8) is 0 Å². The third-order valence-corrected chi connectivity index (χ3v) is 1.57. The third kappa shape index (κ3) is 2.58. The second-order valence-electron chi connectivity index (χ2n) is 2.54. The summed E-state index contributed by atoms with van der Waals surface area (Å²) >= 11 is 5.70. The lowest BCUT2D eigenvalue weighted by molar-refractivity contribution is 0.969. The van der Waals surface area contributed by atoms with Crippen LogP contribution in [0, 0.1) is 0 Å². The minimum absolute atomic E-state index is 0.425. The van der Waals surface area contributed by atoms with E-state index in [1.54, 1.807) is 12.1 Å². The van der Waals surface area contributed by atoms with Crippen molar-refractivity contribution >= 4 is 23.1 Å². The number of nitrogens with two attached hydrogens (primary N) is 1. The number of hydrogen-bond donors (Lipinski definition) is 2. The predicted molar refractivity (Wildman–Crippen MR) is 52.4 cm³/mol. The second-order valence-corrected chi connectivity index (χ2v) is 2.92. The Balaban J connectivity index is 2.72. The van der Waals surface area contributed by atoms with Crippen molar-refractivity contribution in [1.29, 1.82) is 0 Å². The summed E-state index contributed by atoms with van der Waals surface area (Å²) in [5.41, 5.74) is 6.20. The molecule has 1 aromatic heterocycles. The number of pyridine rings is 1. The molecular formula is C8H12ClN3. The molecule has 3 N–H and O–H groups in total. The number of nitrogen functional groups attached to an aromatic ring is 1. The Morgan fingerprint density at radius 3 is 2.92 bits per heavy atom. The third-order valence-electron chi connectivity index (χ3n) is 1.37. The molecule has 0 radical (unpaired) electrons. The Morgan fingerprint density at radius 2 is 2.33 bits per heavy atom. The Morgan fingerprint density at radius 1 is 1.58 bits per heavy atom. The smallest absolute Gasteiger partial charge is 0.133 e. The molecule has 0 fully saturated rings. The van der Waals surface area contributed by atoms with Gasteiger partial charge in [0, 0.05) is 18.3 Å². The van der Waals surface area contributed by atoms with Crippen LogP contribution in [-0.4, -0.2) is 11.5 Å². The summed E-state index contributed by atoms with van der Waals surface area (Å²) in [4.78, 5) is 4.05. The molecule has 0 aliphatic rings. The summed E-state index contributed by atoms with van der Waals surface area (Å²) in [5, 5.41) is 3.53. The molecule has 1 heterocycles. The highest BCUT2D eigenvalue weighted by Gasteiger charge is 1.96. The van der Waals surface area contributed by atoms with E-state index in [0.29, 0.717) is 10.8 Å². The lowest BCUT2D eigenvalue weighted by atomic mass is 10.4. The van der Waals surface area contributed by atoms with Crippen LogP contribution in [0.25, 0.3) is 0 Å². The molecule has 0 spiro atoms. The van der Waals surface area contributed by atoms with Crippen molar-refractivity contribution in [2.45, 2.75) is 13.3 Å². The topological polar surface area (TPSA) is 50.9 Å².